The highest BCUT2D eigenvalue weighted by atomic mass is 35.5. The summed E-state index contributed by atoms with van der Waals surface area (Å²) >= 11 is 6.15. The number of hydrogen-bond acceptors (Lipinski definition) is 8. The van der Waals surface area contributed by atoms with E-state index in [-0.39, 0.29) is 22.9 Å². The summed E-state index contributed by atoms with van der Waals surface area (Å²) in [6.07, 6.45) is 1.17. The van der Waals surface area contributed by atoms with Gasteiger partial charge in [-0.3, -0.25) is 4.79 Å². The third-order valence-electron chi connectivity index (χ3n) is 5.15. The minimum Gasteiger partial charge on any atom is -0.434 e. The monoisotopic (exact) mass is 465 g/mol. The number of nitrogens with zero attached hydrogens (tertiary/aromatic N) is 5. The predicted molar refractivity (Wildman–Crippen MR) is 130 cm³/mol. The maximum absolute atomic E-state index is 11.7. The molecule has 2 aromatic carbocycles. The number of halogens is 1. The van der Waals surface area contributed by atoms with E-state index in [9.17, 15) is 4.79 Å². The topological polar surface area (TPSA) is 95.5 Å². The molecule has 0 saturated carbocycles. The fourth-order valence-corrected chi connectivity index (χ4v) is 3.43. The molecule has 3 aromatic rings. The molecule has 2 heterocycles. The molecule has 10 heteroatoms. The number of rotatable bonds is 7. The van der Waals surface area contributed by atoms with Gasteiger partial charge in [0.25, 0.3) is 11.8 Å². The lowest BCUT2D eigenvalue weighted by atomic mass is 10.2. The Bertz CT molecular complexity index is 1130. The molecule has 170 valence electrons. The Morgan fingerprint density at radius 2 is 1.82 bits per heavy atom. The smallest absolute Gasteiger partial charge is 0.263 e. The van der Waals surface area contributed by atoms with Crippen LogP contribution in [0.15, 0.2) is 61.2 Å². The molecule has 0 bridgehead atoms. The van der Waals surface area contributed by atoms with E-state index in [1.54, 1.807) is 24.3 Å². The quantitative estimate of drug-likeness (QED) is 0.506. The Hall–Kier alpha value is -3.69. The van der Waals surface area contributed by atoms with Gasteiger partial charge in [-0.15, -0.1) is 10.2 Å². The highest BCUT2D eigenvalue weighted by Crippen LogP contribution is 2.32. The summed E-state index contributed by atoms with van der Waals surface area (Å²) in [5.41, 5.74) is 2.43. The van der Waals surface area contributed by atoms with Crippen molar-refractivity contribution in [1.29, 1.82) is 0 Å². The summed E-state index contributed by atoms with van der Waals surface area (Å²) < 4.78 is 5.83. The van der Waals surface area contributed by atoms with E-state index in [2.05, 4.69) is 61.4 Å². The summed E-state index contributed by atoms with van der Waals surface area (Å²) in [5, 5.41) is 13.7. The van der Waals surface area contributed by atoms with Gasteiger partial charge >= 0.3 is 0 Å². The van der Waals surface area contributed by atoms with Crippen molar-refractivity contribution in [3.8, 4) is 11.6 Å². The van der Waals surface area contributed by atoms with E-state index < -0.39 is 0 Å². The van der Waals surface area contributed by atoms with E-state index in [1.165, 1.54) is 11.8 Å². The van der Waals surface area contributed by atoms with E-state index in [0.29, 0.717) is 11.4 Å². The number of anilines is 4. The molecule has 0 spiro atoms. The number of amides is 1. The van der Waals surface area contributed by atoms with Gasteiger partial charge in [0.1, 0.15) is 0 Å². The van der Waals surface area contributed by atoms with Crippen LogP contribution in [0, 0.1) is 0 Å². The van der Waals surface area contributed by atoms with Crippen LogP contribution in [0.5, 0.6) is 11.6 Å². The number of benzene rings is 2. The van der Waals surface area contributed by atoms with Crippen molar-refractivity contribution in [2.75, 3.05) is 48.8 Å². The molecule has 0 atom stereocenters. The van der Waals surface area contributed by atoms with E-state index >= 15 is 0 Å². The molecule has 33 heavy (non-hydrogen) atoms. The molecule has 1 amide bonds. The van der Waals surface area contributed by atoms with Gasteiger partial charge in [-0.25, -0.2) is 0 Å². The van der Waals surface area contributed by atoms with Gasteiger partial charge in [0, 0.05) is 37.6 Å². The maximum Gasteiger partial charge on any atom is 0.263 e. The first-order chi connectivity index (χ1) is 16.0. The number of aromatic nitrogens is 3. The lowest BCUT2D eigenvalue weighted by Gasteiger charge is -2.34. The SMILES string of the molecule is C=CC(=O)Nc1ccccc1Oc1nc(Nc2ccc(N3CCN(C)CC3)cc2)nnc1Cl. The Labute approximate surface area is 197 Å². The van der Waals surface area contributed by atoms with Gasteiger partial charge in [-0.2, -0.15) is 4.98 Å². The standard InChI is InChI=1S/C23H24ClN7O2/c1-3-20(32)26-18-6-4-5-7-19(18)33-22-21(24)28-29-23(27-22)25-16-8-10-17(11-9-16)31-14-12-30(2)13-15-31/h3-11H,1,12-15H2,2H3,(H,26,32)(H,25,27,29). The van der Waals surface area contributed by atoms with Crippen LogP contribution in [0.25, 0.3) is 0 Å². The summed E-state index contributed by atoms with van der Waals surface area (Å²) in [4.78, 5) is 20.7. The van der Waals surface area contributed by atoms with Crippen molar-refractivity contribution < 1.29 is 9.53 Å². The van der Waals surface area contributed by atoms with Crippen LogP contribution in [-0.4, -0.2) is 59.2 Å². The number of piperazine rings is 1. The molecule has 1 aromatic heterocycles. The van der Waals surface area contributed by atoms with Crippen molar-refractivity contribution >= 4 is 40.5 Å². The lowest BCUT2D eigenvalue weighted by molar-refractivity contribution is -0.111. The number of ether oxygens (including phenoxy) is 1. The van der Waals surface area contributed by atoms with Crippen LogP contribution in [0.4, 0.5) is 23.0 Å². The number of nitrogens with one attached hydrogen (secondary N) is 2. The van der Waals surface area contributed by atoms with Crippen LogP contribution >= 0.6 is 11.6 Å². The van der Waals surface area contributed by atoms with Crippen LogP contribution in [0.3, 0.4) is 0 Å². The Kier molecular flexibility index (Phi) is 7.01. The Morgan fingerprint density at radius 3 is 2.55 bits per heavy atom. The van der Waals surface area contributed by atoms with Crippen LogP contribution < -0.4 is 20.3 Å². The predicted octanol–water partition coefficient (Wildman–Crippen LogP) is 3.94. The summed E-state index contributed by atoms with van der Waals surface area (Å²) in [7, 11) is 2.14. The first-order valence-electron chi connectivity index (χ1n) is 10.4. The van der Waals surface area contributed by atoms with E-state index in [1.807, 2.05) is 12.1 Å². The fourth-order valence-electron chi connectivity index (χ4n) is 3.31. The molecule has 1 fully saturated rings. The largest absolute Gasteiger partial charge is 0.434 e. The lowest BCUT2D eigenvalue weighted by Crippen LogP contribution is -2.44. The highest BCUT2D eigenvalue weighted by molar-refractivity contribution is 6.30. The van der Waals surface area contributed by atoms with Gasteiger partial charge in [0.05, 0.1) is 5.69 Å². The average molecular weight is 466 g/mol. The minimum absolute atomic E-state index is 0.00388. The van der Waals surface area contributed by atoms with Crippen molar-refractivity contribution in [2.24, 2.45) is 0 Å². The molecule has 0 aliphatic carbocycles. The molecular weight excluding hydrogens is 442 g/mol. The molecule has 2 N–H and O–H groups in total. The molecule has 9 nitrogen and oxygen atoms in total. The second-order valence-electron chi connectivity index (χ2n) is 7.49. The zero-order valence-electron chi connectivity index (χ0n) is 18.2. The van der Waals surface area contributed by atoms with Gasteiger partial charge in [0.2, 0.25) is 11.1 Å². The van der Waals surface area contributed by atoms with E-state index in [0.717, 1.165) is 31.9 Å². The summed E-state index contributed by atoms with van der Waals surface area (Å²) in [6, 6.07) is 15.0. The maximum atomic E-state index is 11.7. The van der Waals surface area contributed by atoms with Gasteiger partial charge in [-0.1, -0.05) is 30.3 Å². The molecular formula is C23H24ClN7O2. The molecule has 1 saturated heterocycles. The van der Waals surface area contributed by atoms with Gasteiger partial charge < -0.3 is 25.2 Å². The number of carbonyl (C=O) groups excluding carboxylic acids is 1. The normalized spacial score (nSPS) is 13.9. The van der Waals surface area contributed by atoms with Gasteiger partial charge in [-0.05, 0) is 49.5 Å². The van der Waals surface area contributed by atoms with Crippen molar-refractivity contribution in [2.45, 2.75) is 0 Å². The molecule has 0 radical (unpaired) electrons. The third-order valence-corrected chi connectivity index (χ3v) is 5.38. The second kappa shape index (κ2) is 10.3. The number of likely N-dealkylation sites (N-methyl/N-ethyl adjacent to an activating group) is 1. The zero-order chi connectivity index (χ0) is 23.2. The van der Waals surface area contributed by atoms with Crippen molar-refractivity contribution in [1.82, 2.24) is 20.1 Å². The highest BCUT2D eigenvalue weighted by Gasteiger charge is 2.15. The van der Waals surface area contributed by atoms with Crippen LogP contribution in [0.2, 0.25) is 5.15 Å². The molecule has 1 aliphatic rings. The second-order valence-corrected chi connectivity index (χ2v) is 7.84. The van der Waals surface area contributed by atoms with Crippen LogP contribution in [0.1, 0.15) is 0 Å². The van der Waals surface area contributed by atoms with Crippen molar-refractivity contribution in [3.05, 3.63) is 66.3 Å². The molecule has 0 unspecified atom stereocenters. The third kappa shape index (κ3) is 5.76. The average Bonchev–Trinajstić information content (AvgIpc) is 2.83. The van der Waals surface area contributed by atoms with Gasteiger partial charge in [0.15, 0.2) is 5.75 Å². The zero-order valence-corrected chi connectivity index (χ0v) is 18.9. The molecule has 4 rings (SSSR count). The van der Waals surface area contributed by atoms with E-state index in [4.69, 9.17) is 16.3 Å². The number of carbonyl (C=O) groups is 1. The summed E-state index contributed by atoms with van der Waals surface area (Å²) in [6.45, 7) is 7.56. The first-order valence-corrected chi connectivity index (χ1v) is 10.8. The van der Waals surface area contributed by atoms with Crippen molar-refractivity contribution in [3.63, 3.8) is 0 Å². The Morgan fingerprint density at radius 1 is 1.09 bits per heavy atom. The van der Waals surface area contributed by atoms with Crippen LogP contribution in [-0.2, 0) is 4.79 Å². The fraction of sp³-hybridized carbons (Fsp3) is 0.217. The minimum atomic E-state index is -0.361. The first kappa shape index (κ1) is 22.5. The summed E-state index contributed by atoms with van der Waals surface area (Å²) in [5.74, 6) is 0.288. The Balaban J connectivity index is 1.47. The molecule has 1 aliphatic heterocycles. The number of para-hydroxylation sites is 2. The number of hydrogen-bond donors (Lipinski definition) is 2.